The number of anilines is 1. The number of carbonyl (C=O) groups excluding carboxylic acids is 1. The molecule has 1 aliphatic rings. The van der Waals surface area contributed by atoms with Crippen LogP contribution in [0.25, 0.3) is 0 Å². The fourth-order valence-electron chi connectivity index (χ4n) is 3.19. The number of hydrogen-bond donors (Lipinski definition) is 1. The van der Waals surface area contributed by atoms with E-state index < -0.39 is 30.7 Å². The highest BCUT2D eigenvalue weighted by Crippen LogP contribution is 2.30. The van der Waals surface area contributed by atoms with E-state index >= 15 is 0 Å². The van der Waals surface area contributed by atoms with Crippen molar-refractivity contribution >= 4 is 47.9 Å². The number of nitro benzene ring substituents is 1. The van der Waals surface area contributed by atoms with Crippen molar-refractivity contribution < 1.29 is 31.3 Å². The number of nitrogens with one attached hydrogen (secondary N) is 1. The third-order valence-corrected chi connectivity index (χ3v) is 10.1. The number of hydrogen-bond acceptors (Lipinski definition) is 10. The van der Waals surface area contributed by atoms with Gasteiger partial charge in [-0.2, -0.15) is 4.31 Å². The molecular formula is C20H18N4O8S3. The molecular weight excluding hydrogens is 520 g/mol. The van der Waals surface area contributed by atoms with Crippen LogP contribution in [-0.2, 0) is 24.6 Å². The van der Waals surface area contributed by atoms with Crippen molar-refractivity contribution in [3.8, 4) is 0 Å². The van der Waals surface area contributed by atoms with Crippen LogP contribution in [0.2, 0.25) is 0 Å². The topological polar surface area (TPSA) is 166 Å². The molecule has 184 valence electrons. The molecule has 15 heteroatoms. The number of sulfone groups is 1. The smallest absolute Gasteiger partial charge is 0.269 e. The second kappa shape index (κ2) is 9.79. The summed E-state index contributed by atoms with van der Waals surface area (Å²) in [5.41, 5.74) is -0.0918. The van der Waals surface area contributed by atoms with Crippen molar-refractivity contribution in [1.29, 1.82) is 0 Å². The highest BCUT2D eigenvalue weighted by molar-refractivity contribution is 7.93. The van der Waals surface area contributed by atoms with E-state index in [1.807, 2.05) is 0 Å². The molecule has 0 saturated carbocycles. The second-order valence-corrected chi connectivity index (χ2v) is 12.4. The first-order valence-electron chi connectivity index (χ1n) is 10.0. The predicted molar refractivity (Wildman–Crippen MR) is 125 cm³/mol. The summed E-state index contributed by atoms with van der Waals surface area (Å²) in [6.07, 6.45) is 1.08. The minimum absolute atomic E-state index is 0.0144. The maximum absolute atomic E-state index is 12.8. The molecule has 2 aromatic carbocycles. The fourth-order valence-corrected chi connectivity index (χ4v) is 7.02. The van der Waals surface area contributed by atoms with Gasteiger partial charge in [-0.1, -0.05) is 11.3 Å². The summed E-state index contributed by atoms with van der Waals surface area (Å²) in [7, 11) is -7.69. The number of morpholine rings is 1. The van der Waals surface area contributed by atoms with Crippen molar-refractivity contribution in [3.63, 3.8) is 0 Å². The standard InChI is InChI=1S/C20H18N4O8S3/c25-19(14-1-5-17(6-2-14)35(30,31)23-9-11-32-12-10-23)22-20-21-13-18(33-20)34(28,29)16-7-3-15(4-8-16)24(26)27/h1-8,13H,9-12H2,(H,21,22,25). The average Bonchev–Trinajstić information content (AvgIpc) is 3.34. The molecule has 35 heavy (non-hydrogen) atoms. The highest BCUT2D eigenvalue weighted by atomic mass is 32.2. The molecule has 12 nitrogen and oxygen atoms in total. The van der Waals surface area contributed by atoms with Gasteiger partial charge in [0.1, 0.15) is 4.21 Å². The van der Waals surface area contributed by atoms with Crippen LogP contribution in [0.1, 0.15) is 10.4 Å². The van der Waals surface area contributed by atoms with Crippen molar-refractivity contribution in [1.82, 2.24) is 9.29 Å². The lowest BCUT2D eigenvalue weighted by Crippen LogP contribution is -2.40. The maximum atomic E-state index is 12.8. The first-order valence-corrected chi connectivity index (χ1v) is 13.8. The summed E-state index contributed by atoms with van der Waals surface area (Å²) in [6.45, 7) is 1.13. The highest BCUT2D eigenvalue weighted by Gasteiger charge is 2.27. The van der Waals surface area contributed by atoms with Crippen molar-refractivity contribution in [2.24, 2.45) is 0 Å². The van der Waals surface area contributed by atoms with Gasteiger partial charge in [0.05, 0.1) is 34.1 Å². The lowest BCUT2D eigenvalue weighted by Gasteiger charge is -2.26. The van der Waals surface area contributed by atoms with E-state index in [1.165, 1.54) is 28.6 Å². The van der Waals surface area contributed by atoms with Crippen LogP contribution >= 0.6 is 11.3 Å². The van der Waals surface area contributed by atoms with Crippen molar-refractivity contribution in [3.05, 3.63) is 70.4 Å². The number of ether oxygens (including phenoxy) is 1. The van der Waals surface area contributed by atoms with Gasteiger partial charge in [0.15, 0.2) is 5.13 Å². The molecule has 2 heterocycles. The summed E-state index contributed by atoms with van der Waals surface area (Å²) in [6, 6.07) is 9.77. The van der Waals surface area contributed by atoms with E-state index in [-0.39, 0.29) is 43.5 Å². The number of nitrogens with zero attached hydrogens (tertiary/aromatic N) is 3. The molecule has 0 spiro atoms. The number of thiazole rings is 1. The normalized spacial score (nSPS) is 15.0. The molecule has 0 bridgehead atoms. The molecule has 0 unspecified atom stereocenters. The second-order valence-electron chi connectivity index (χ2n) is 7.23. The minimum atomic E-state index is -3.99. The molecule has 0 atom stereocenters. The summed E-state index contributed by atoms with van der Waals surface area (Å²) in [5, 5.41) is 13.3. The molecule has 1 fully saturated rings. The first kappa shape index (κ1) is 24.9. The quantitative estimate of drug-likeness (QED) is 0.350. The van der Waals surface area contributed by atoms with Gasteiger partial charge < -0.3 is 4.74 Å². The Morgan fingerprint density at radius 3 is 2.20 bits per heavy atom. The molecule has 4 rings (SSSR count). The fraction of sp³-hybridized carbons (Fsp3) is 0.200. The van der Waals surface area contributed by atoms with E-state index in [4.69, 9.17) is 4.74 Å². The largest absolute Gasteiger partial charge is 0.379 e. The molecule has 1 aliphatic heterocycles. The number of rotatable bonds is 7. The number of amides is 1. The lowest BCUT2D eigenvalue weighted by atomic mass is 10.2. The van der Waals surface area contributed by atoms with E-state index in [0.29, 0.717) is 24.6 Å². The van der Waals surface area contributed by atoms with Crippen LogP contribution in [0.5, 0.6) is 0 Å². The van der Waals surface area contributed by atoms with Gasteiger partial charge in [0.25, 0.3) is 11.6 Å². The van der Waals surface area contributed by atoms with Crippen LogP contribution in [0.3, 0.4) is 0 Å². The van der Waals surface area contributed by atoms with Crippen LogP contribution in [0.4, 0.5) is 10.8 Å². The lowest BCUT2D eigenvalue weighted by molar-refractivity contribution is -0.384. The van der Waals surface area contributed by atoms with Gasteiger partial charge in [-0.25, -0.2) is 21.8 Å². The maximum Gasteiger partial charge on any atom is 0.269 e. The Balaban J connectivity index is 1.46. The molecule has 1 saturated heterocycles. The number of aromatic nitrogens is 1. The average molecular weight is 539 g/mol. The number of non-ortho nitro benzene ring substituents is 1. The number of carbonyl (C=O) groups is 1. The third kappa shape index (κ3) is 5.23. The van der Waals surface area contributed by atoms with Gasteiger partial charge in [-0.3, -0.25) is 20.2 Å². The molecule has 0 aliphatic carbocycles. The summed E-state index contributed by atoms with van der Waals surface area (Å²) >= 11 is 0.715. The van der Waals surface area contributed by atoms with E-state index in [0.717, 1.165) is 30.5 Å². The predicted octanol–water partition coefficient (Wildman–Crippen LogP) is 2.16. The molecule has 3 aromatic rings. The number of nitro groups is 1. The van der Waals surface area contributed by atoms with Gasteiger partial charge in [-0.05, 0) is 36.4 Å². The summed E-state index contributed by atoms with van der Waals surface area (Å²) in [5.74, 6) is -0.603. The Hall–Kier alpha value is -3.24. The van der Waals surface area contributed by atoms with E-state index in [2.05, 4.69) is 10.3 Å². The molecule has 0 radical (unpaired) electrons. The first-order chi connectivity index (χ1) is 16.6. The molecule has 1 aromatic heterocycles. The van der Waals surface area contributed by atoms with Gasteiger partial charge >= 0.3 is 0 Å². The molecule has 1 amide bonds. The van der Waals surface area contributed by atoms with Crippen LogP contribution in [0.15, 0.2) is 68.7 Å². The monoisotopic (exact) mass is 538 g/mol. The molecule has 1 N–H and O–H groups in total. The Morgan fingerprint density at radius 1 is 1.00 bits per heavy atom. The van der Waals surface area contributed by atoms with Crippen LogP contribution < -0.4 is 5.32 Å². The van der Waals surface area contributed by atoms with Crippen molar-refractivity contribution in [2.45, 2.75) is 14.0 Å². The van der Waals surface area contributed by atoms with Gasteiger partial charge in [-0.15, -0.1) is 0 Å². The Morgan fingerprint density at radius 2 is 1.60 bits per heavy atom. The van der Waals surface area contributed by atoms with E-state index in [9.17, 15) is 31.7 Å². The van der Waals surface area contributed by atoms with Crippen molar-refractivity contribution in [2.75, 3.05) is 31.6 Å². The zero-order chi connectivity index (χ0) is 25.2. The zero-order valence-electron chi connectivity index (χ0n) is 17.9. The van der Waals surface area contributed by atoms with E-state index in [1.54, 1.807) is 0 Å². The zero-order valence-corrected chi connectivity index (χ0v) is 20.3. The summed E-state index contributed by atoms with van der Waals surface area (Å²) in [4.78, 5) is 26.5. The number of sulfonamides is 1. The SMILES string of the molecule is O=C(Nc1ncc(S(=O)(=O)c2ccc([N+](=O)[O-])cc2)s1)c1ccc(S(=O)(=O)N2CCOCC2)cc1. The Labute approximate surface area is 204 Å². The Kier molecular flexibility index (Phi) is 6.95. The minimum Gasteiger partial charge on any atom is -0.379 e. The summed E-state index contributed by atoms with van der Waals surface area (Å²) < 4.78 is 57.3. The van der Waals surface area contributed by atoms with Gasteiger partial charge in [0, 0.05) is 30.8 Å². The third-order valence-electron chi connectivity index (χ3n) is 5.05. The van der Waals surface area contributed by atoms with Crippen LogP contribution in [-0.4, -0.2) is 63.3 Å². The van der Waals surface area contributed by atoms with Crippen LogP contribution in [0, 0.1) is 10.1 Å². The Bertz CT molecular complexity index is 1460. The van der Waals surface area contributed by atoms with Gasteiger partial charge in [0.2, 0.25) is 19.9 Å². The number of benzene rings is 2.